The van der Waals surface area contributed by atoms with Crippen LogP contribution in [0.4, 0.5) is 18.9 Å². The van der Waals surface area contributed by atoms with Gasteiger partial charge in [-0.2, -0.15) is 13.2 Å². The smallest absolute Gasteiger partial charge is 0.326 e. The van der Waals surface area contributed by atoms with Crippen molar-refractivity contribution < 1.29 is 18.0 Å². The van der Waals surface area contributed by atoms with Crippen LogP contribution in [0, 0.1) is 5.92 Å². The number of carbonyl (C=O) groups excluding carboxylic acids is 1. The van der Waals surface area contributed by atoms with Gasteiger partial charge in [0.1, 0.15) is 0 Å². The van der Waals surface area contributed by atoms with Crippen molar-refractivity contribution in [3.63, 3.8) is 0 Å². The first-order valence-electron chi connectivity index (χ1n) is 9.88. The van der Waals surface area contributed by atoms with Gasteiger partial charge in [0.2, 0.25) is 5.91 Å². The molecule has 2 aromatic rings. The Balaban J connectivity index is 1.43. The van der Waals surface area contributed by atoms with Gasteiger partial charge >= 0.3 is 6.18 Å². The number of likely N-dealkylation sites (tertiary alicyclic amines) is 1. The Bertz CT molecular complexity index is 828. The number of alkyl halides is 3. The zero-order valence-electron chi connectivity index (χ0n) is 16.8. The molecule has 1 amide bonds. The largest absolute Gasteiger partial charge is 0.416 e. The minimum atomic E-state index is -4.38. The van der Waals surface area contributed by atoms with Crippen molar-refractivity contribution in [1.29, 1.82) is 0 Å². The van der Waals surface area contributed by atoms with Crippen LogP contribution in [-0.4, -0.2) is 40.1 Å². The van der Waals surface area contributed by atoms with Gasteiger partial charge in [-0.3, -0.25) is 9.69 Å². The number of hydrogen-bond donors (Lipinski definition) is 1. The van der Waals surface area contributed by atoms with Crippen molar-refractivity contribution >= 4 is 23.4 Å². The summed E-state index contributed by atoms with van der Waals surface area (Å²) >= 11 is 1.51. The van der Waals surface area contributed by atoms with Gasteiger partial charge in [-0.25, -0.2) is 9.97 Å². The summed E-state index contributed by atoms with van der Waals surface area (Å²) in [5.41, 5.74) is 0.733. The fourth-order valence-electron chi connectivity index (χ4n) is 3.62. The quantitative estimate of drug-likeness (QED) is 0.495. The van der Waals surface area contributed by atoms with Crippen LogP contribution in [-0.2, 0) is 17.5 Å². The molecule has 3 rings (SSSR count). The number of thioether (sulfide) groups is 1. The van der Waals surface area contributed by atoms with Gasteiger partial charge < -0.3 is 5.32 Å². The lowest BCUT2D eigenvalue weighted by atomic mass is 9.93. The lowest BCUT2D eigenvalue weighted by Crippen LogP contribution is -2.35. The Morgan fingerprint density at radius 3 is 2.57 bits per heavy atom. The summed E-state index contributed by atoms with van der Waals surface area (Å²) in [6.45, 7) is 2.72. The van der Waals surface area contributed by atoms with Crippen LogP contribution < -0.4 is 5.32 Å². The van der Waals surface area contributed by atoms with Gasteiger partial charge in [0.05, 0.1) is 5.56 Å². The third-order valence-electron chi connectivity index (χ3n) is 5.15. The fourth-order valence-corrected chi connectivity index (χ4v) is 3.94. The Labute approximate surface area is 178 Å². The van der Waals surface area contributed by atoms with E-state index in [9.17, 15) is 18.0 Å². The zero-order chi connectivity index (χ0) is 21.6. The first kappa shape index (κ1) is 22.6. The maximum absolute atomic E-state index is 12.6. The second kappa shape index (κ2) is 10.3. The molecule has 2 heterocycles. The monoisotopic (exact) mass is 438 g/mol. The number of aromatic nitrogens is 2. The van der Waals surface area contributed by atoms with Crippen LogP contribution in [0.25, 0.3) is 0 Å². The molecule has 1 aromatic carbocycles. The van der Waals surface area contributed by atoms with Crippen molar-refractivity contribution in [2.75, 3.05) is 24.7 Å². The Morgan fingerprint density at radius 2 is 1.93 bits per heavy atom. The van der Waals surface area contributed by atoms with E-state index in [0.717, 1.165) is 61.7 Å². The Kier molecular flexibility index (Phi) is 7.71. The molecule has 9 heteroatoms. The summed E-state index contributed by atoms with van der Waals surface area (Å²) in [5, 5.41) is 3.44. The molecule has 0 spiro atoms. The van der Waals surface area contributed by atoms with E-state index in [1.165, 1.54) is 23.9 Å². The number of amides is 1. The average Bonchev–Trinajstić information content (AvgIpc) is 2.73. The van der Waals surface area contributed by atoms with Crippen LogP contribution >= 0.6 is 11.8 Å². The lowest BCUT2D eigenvalue weighted by molar-refractivity contribution is -0.137. The van der Waals surface area contributed by atoms with Gasteiger partial charge in [-0.15, -0.1) is 0 Å². The fraction of sp³-hybridized carbons (Fsp3) is 0.476. The third-order valence-corrected chi connectivity index (χ3v) is 5.73. The molecule has 1 aliphatic heterocycles. The predicted octanol–water partition coefficient (Wildman–Crippen LogP) is 4.85. The van der Waals surface area contributed by atoms with E-state index < -0.39 is 11.7 Å². The highest BCUT2D eigenvalue weighted by atomic mass is 32.2. The number of piperidine rings is 1. The zero-order valence-corrected chi connectivity index (χ0v) is 17.6. The minimum Gasteiger partial charge on any atom is -0.326 e. The number of benzene rings is 1. The highest BCUT2D eigenvalue weighted by Gasteiger charge is 2.30. The first-order valence-corrected chi connectivity index (χ1v) is 11.1. The molecule has 1 fully saturated rings. The first-order chi connectivity index (χ1) is 14.3. The highest BCUT2D eigenvalue weighted by molar-refractivity contribution is 7.98. The second-order valence-electron chi connectivity index (χ2n) is 7.48. The molecule has 1 atom stereocenters. The number of nitrogens with zero attached hydrogens (tertiary/aromatic N) is 3. The van der Waals surface area contributed by atoms with Gasteiger partial charge in [0.25, 0.3) is 0 Å². The van der Waals surface area contributed by atoms with Gasteiger partial charge in [-0.05, 0) is 62.2 Å². The normalized spacial score (nSPS) is 17.7. The predicted molar refractivity (Wildman–Crippen MR) is 111 cm³/mol. The number of rotatable bonds is 7. The molecule has 0 bridgehead atoms. The number of anilines is 1. The molecule has 0 saturated carbocycles. The molecule has 1 unspecified atom stereocenters. The van der Waals surface area contributed by atoms with E-state index in [2.05, 4.69) is 20.2 Å². The van der Waals surface area contributed by atoms with E-state index in [1.807, 2.05) is 18.6 Å². The molecule has 1 aromatic heterocycles. The van der Waals surface area contributed by atoms with Crippen LogP contribution in [0.15, 0.2) is 41.8 Å². The van der Waals surface area contributed by atoms with Crippen LogP contribution in [0.3, 0.4) is 0 Å². The molecule has 1 N–H and O–H groups in total. The van der Waals surface area contributed by atoms with Crippen LogP contribution in [0.1, 0.15) is 36.8 Å². The standard InChI is InChI=1S/C21H25F3N4OS/c1-30-20-25-11-16(12-26-20)14-28-10-2-3-15(13-28)4-9-19(29)27-18-7-5-17(6-8-18)21(22,23)24/h5-8,11-12,15H,2-4,9-10,13-14H2,1H3,(H,27,29). The number of halogens is 3. The second-order valence-corrected chi connectivity index (χ2v) is 8.26. The van der Waals surface area contributed by atoms with Crippen LogP contribution in [0.2, 0.25) is 0 Å². The third kappa shape index (κ3) is 6.70. The molecule has 1 saturated heterocycles. The van der Waals surface area contributed by atoms with Gasteiger partial charge in [-0.1, -0.05) is 11.8 Å². The summed E-state index contributed by atoms with van der Waals surface area (Å²) in [7, 11) is 0. The van der Waals surface area contributed by atoms with Crippen molar-refractivity contribution in [1.82, 2.24) is 14.9 Å². The molecule has 1 aliphatic rings. The van der Waals surface area contributed by atoms with Gasteiger partial charge in [0, 0.05) is 43.2 Å². The molecule has 0 aliphatic carbocycles. The average molecular weight is 439 g/mol. The maximum atomic E-state index is 12.6. The summed E-state index contributed by atoms with van der Waals surface area (Å²) in [6, 6.07) is 4.52. The number of carbonyl (C=O) groups is 1. The summed E-state index contributed by atoms with van der Waals surface area (Å²) in [6.07, 6.45) is 4.55. The molecular formula is C21H25F3N4OS. The minimum absolute atomic E-state index is 0.173. The number of hydrogen-bond acceptors (Lipinski definition) is 5. The van der Waals surface area contributed by atoms with E-state index in [1.54, 1.807) is 0 Å². The van der Waals surface area contributed by atoms with Crippen molar-refractivity contribution in [2.24, 2.45) is 5.92 Å². The Morgan fingerprint density at radius 1 is 1.23 bits per heavy atom. The molecule has 0 radical (unpaired) electrons. The topological polar surface area (TPSA) is 58.1 Å². The van der Waals surface area contributed by atoms with E-state index in [0.29, 0.717) is 18.0 Å². The lowest BCUT2D eigenvalue weighted by Gasteiger charge is -2.32. The molecule has 5 nitrogen and oxygen atoms in total. The van der Waals surface area contributed by atoms with Crippen molar-refractivity contribution in [3.8, 4) is 0 Å². The van der Waals surface area contributed by atoms with E-state index >= 15 is 0 Å². The van der Waals surface area contributed by atoms with Crippen molar-refractivity contribution in [2.45, 2.75) is 43.6 Å². The number of nitrogens with one attached hydrogen (secondary N) is 1. The molecular weight excluding hydrogens is 413 g/mol. The molecule has 30 heavy (non-hydrogen) atoms. The maximum Gasteiger partial charge on any atom is 0.416 e. The van der Waals surface area contributed by atoms with Crippen molar-refractivity contribution in [3.05, 3.63) is 47.8 Å². The van der Waals surface area contributed by atoms with E-state index in [4.69, 9.17) is 0 Å². The van der Waals surface area contributed by atoms with Crippen LogP contribution in [0.5, 0.6) is 0 Å². The van der Waals surface area contributed by atoms with Gasteiger partial charge in [0.15, 0.2) is 5.16 Å². The van der Waals surface area contributed by atoms with E-state index in [-0.39, 0.29) is 5.91 Å². The summed E-state index contributed by atoms with van der Waals surface area (Å²) in [4.78, 5) is 23.2. The SMILES string of the molecule is CSc1ncc(CN2CCCC(CCC(=O)Nc3ccc(C(F)(F)F)cc3)C2)cn1. The molecule has 162 valence electrons. The summed E-state index contributed by atoms with van der Waals surface area (Å²) < 4.78 is 37.8. The summed E-state index contributed by atoms with van der Waals surface area (Å²) in [5.74, 6) is 0.247. The highest BCUT2D eigenvalue weighted by Crippen LogP contribution is 2.30. The Hall–Kier alpha value is -2.13.